The monoisotopic (exact) mass is 508 g/mol. The van der Waals surface area contributed by atoms with Gasteiger partial charge in [-0.2, -0.15) is 13.2 Å². The SMILES string of the molecule is O=S(=O)(Nc1cnns1)c1cc(F)c(Oc2cc(N3CC(O)C3)cc(C(F)(F)F)c2)cc1F. The maximum Gasteiger partial charge on any atom is 0.416 e. The number of aromatic nitrogens is 2. The van der Waals surface area contributed by atoms with Crippen LogP contribution in [0.1, 0.15) is 5.56 Å². The number of aliphatic hydroxyl groups is 1. The molecule has 1 saturated heterocycles. The lowest BCUT2D eigenvalue weighted by atomic mass is 10.1. The summed E-state index contributed by atoms with van der Waals surface area (Å²) >= 11 is 0.669. The fourth-order valence-electron chi connectivity index (χ4n) is 2.98. The number of ether oxygens (including phenoxy) is 1. The van der Waals surface area contributed by atoms with Crippen molar-refractivity contribution in [2.24, 2.45) is 0 Å². The molecule has 33 heavy (non-hydrogen) atoms. The van der Waals surface area contributed by atoms with E-state index in [0.717, 1.165) is 12.3 Å². The van der Waals surface area contributed by atoms with E-state index in [0.29, 0.717) is 29.7 Å². The van der Waals surface area contributed by atoms with Crippen LogP contribution in [0.5, 0.6) is 11.5 Å². The Labute approximate surface area is 187 Å². The molecule has 0 amide bonds. The summed E-state index contributed by atoms with van der Waals surface area (Å²) in [5.74, 6) is -3.99. The molecule has 4 rings (SSSR count). The van der Waals surface area contributed by atoms with Crippen molar-refractivity contribution in [1.29, 1.82) is 0 Å². The van der Waals surface area contributed by atoms with Gasteiger partial charge in [0.15, 0.2) is 11.6 Å². The van der Waals surface area contributed by atoms with Crippen molar-refractivity contribution in [1.82, 2.24) is 9.59 Å². The Bertz CT molecular complexity index is 1280. The second-order valence-corrected chi connectivity index (χ2v) is 9.41. The Kier molecular flexibility index (Phi) is 5.88. The Morgan fingerprint density at radius 3 is 2.45 bits per heavy atom. The van der Waals surface area contributed by atoms with E-state index in [9.17, 15) is 35.5 Å². The average molecular weight is 508 g/mol. The molecule has 0 bridgehead atoms. The zero-order valence-electron chi connectivity index (χ0n) is 16.2. The molecule has 0 saturated carbocycles. The summed E-state index contributed by atoms with van der Waals surface area (Å²) in [4.78, 5) is 0.402. The van der Waals surface area contributed by atoms with Crippen LogP contribution in [0.15, 0.2) is 41.4 Å². The van der Waals surface area contributed by atoms with Gasteiger partial charge in [0.1, 0.15) is 21.5 Å². The normalized spacial score (nSPS) is 14.8. The molecule has 0 spiro atoms. The highest BCUT2D eigenvalue weighted by Crippen LogP contribution is 2.38. The number of nitrogens with one attached hydrogen (secondary N) is 1. The van der Waals surface area contributed by atoms with Crippen LogP contribution >= 0.6 is 11.5 Å². The molecule has 2 aromatic carbocycles. The molecule has 2 heterocycles. The van der Waals surface area contributed by atoms with Crippen LogP contribution in [0.2, 0.25) is 0 Å². The zero-order chi connectivity index (χ0) is 24.0. The van der Waals surface area contributed by atoms with E-state index >= 15 is 0 Å². The molecule has 2 N–H and O–H groups in total. The molecule has 15 heteroatoms. The first-order chi connectivity index (χ1) is 15.4. The van der Waals surface area contributed by atoms with Crippen LogP contribution in [-0.4, -0.2) is 42.3 Å². The first kappa shape index (κ1) is 23.1. The average Bonchev–Trinajstić information content (AvgIpc) is 3.19. The van der Waals surface area contributed by atoms with Crippen molar-refractivity contribution in [3.05, 3.63) is 53.7 Å². The molecule has 0 unspecified atom stereocenters. The number of aliphatic hydroxyl groups excluding tert-OH is 1. The lowest BCUT2D eigenvalue weighted by Crippen LogP contribution is -2.50. The highest BCUT2D eigenvalue weighted by molar-refractivity contribution is 7.93. The van der Waals surface area contributed by atoms with E-state index in [1.54, 1.807) is 0 Å². The minimum Gasteiger partial charge on any atom is -0.454 e. The first-order valence-electron chi connectivity index (χ1n) is 9.05. The van der Waals surface area contributed by atoms with Gasteiger partial charge in [0, 0.05) is 48.5 Å². The zero-order valence-corrected chi connectivity index (χ0v) is 17.8. The number of sulfonamides is 1. The lowest BCUT2D eigenvalue weighted by molar-refractivity contribution is -0.137. The molecule has 1 aliphatic heterocycles. The molecular formula is C18H13F5N4O4S2. The van der Waals surface area contributed by atoms with Crippen LogP contribution in [0.25, 0.3) is 0 Å². The largest absolute Gasteiger partial charge is 0.454 e. The molecule has 0 atom stereocenters. The maximum atomic E-state index is 14.6. The molecular weight excluding hydrogens is 495 g/mol. The number of nitrogens with zero attached hydrogens (tertiary/aromatic N) is 3. The number of halogens is 5. The predicted molar refractivity (Wildman–Crippen MR) is 107 cm³/mol. The number of anilines is 2. The van der Waals surface area contributed by atoms with Crippen molar-refractivity contribution >= 4 is 32.2 Å². The summed E-state index contributed by atoms with van der Waals surface area (Å²) in [6.07, 6.45) is -4.38. The van der Waals surface area contributed by atoms with Crippen molar-refractivity contribution in [2.45, 2.75) is 17.2 Å². The van der Waals surface area contributed by atoms with Gasteiger partial charge in [-0.3, -0.25) is 4.72 Å². The van der Waals surface area contributed by atoms with Gasteiger partial charge >= 0.3 is 6.18 Å². The number of alkyl halides is 3. The summed E-state index contributed by atoms with van der Waals surface area (Å²) in [5.41, 5.74) is -1.04. The first-order valence-corrected chi connectivity index (χ1v) is 11.3. The molecule has 0 aliphatic carbocycles. The third kappa shape index (κ3) is 4.99. The predicted octanol–water partition coefficient (Wildman–Crippen LogP) is 3.61. The fraction of sp³-hybridized carbons (Fsp3) is 0.222. The van der Waals surface area contributed by atoms with Crippen LogP contribution in [-0.2, 0) is 16.2 Å². The number of rotatable bonds is 6. The summed E-state index contributed by atoms with van der Waals surface area (Å²) in [6.45, 7) is 0.192. The minimum atomic E-state index is -4.75. The third-order valence-corrected chi connectivity index (χ3v) is 6.64. The Morgan fingerprint density at radius 2 is 1.85 bits per heavy atom. The van der Waals surface area contributed by atoms with Crippen LogP contribution < -0.4 is 14.4 Å². The van der Waals surface area contributed by atoms with E-state index in [4.69, 9.17) is 4.74 Å². The van der Waals surface area contributed by atoms with Gasteiger partial charge in [0.05, 0.1) is 17.9 Å². The van der Waals surface area contributed by atoms with Crippen molar-refractivity contribution in [3.8, 4) is 11.5 Å². The Balaban J connectivity index is 1.65. The highest BCUT2D eigenvalue weighted by atomic mass is 32.2. The number of β-amino-alcohol motifs (C(OH)–C–C–N with tert-alkyl or cyclic N) is 1. The van der Waals surface area contributed by atoms with Gasteiger partial charge in [0.25, 0.3) is 10.0 Å². The van der Waals surface area contributed by atoms with Crippen molar-refractivity contribution in [2.75, 3.05) is 22.7 Å². The molecule has 1 aromatic heterocycles. The molecule has 176 valence electrons. The van der Waals surface area contributed by atoms with E-state index < -0.39 is 55.9 Å². The van der Waals surface area contributed by atoms with Gasteiger partial charge in [-0.15, -0.1) is 5.10 Å². The molecule has 8 nitrogen and oxygen atoms in total. The van der Waals surface area contributed by atoms with Gasteiger partial charge < -0.3 is 14.7 Å². The van der Waals surface area contributed by atoms with E-state index in [2.05, 4.69) is 9.59 Å². The second-order valence-electron chi connectivity index (χ2n) is 6.97. The molecule has 1 fully saturated rings. The van der Waals surface area contributed by atoms with Gasteiger partial charge in [-0.05, 0) is 12.1 Å². The third-order valence-electron chi connectivity index (χ3n) is 4.55. The van der Waals surface area contributed by atoms with Crippen molar-refractivity contribution in [3.63, 3.8) is 0 Å². The quantitative estimate of drug-likeness (QED) is 0.490. The molecule has 3 aromatic rings. The number of hydrogen-bond acceptors (Lipinski definition) is 8. The number of benzene rings is 2. The molecule has 0 radical (unpaired) electrons. The van der Waals surface area contributed by atoms with E-state index in [1.807, 2.05) is 4.72 Å². The summed E-state index contributed by atoms with van der Waals surface area (Å²) < 4.78 is 104. The van der Waals surface area contributed by atoms with Crippen LogP contribution in [0.4, 0.5) is 32.6 Å². The van der Waals surface area contributed by atoms with Crippen LogP contribution in [0, 0.1) is 11.6 Å². The van der Waals surface area contributed by atoms with Gasteiger partial charge in [-0.25, -0.2) is 17.2 Å². The highest BCUT2D eigenvalue weighted by Gasteiger charge is 2.34. The smallest absolute Gasteiger partial charge is 0.416 e. The molecule has 1 aliphatic rings. The summed E-state index contributed by atoms with van der Waals surface area (Å²) in [5, 5.41) is 12.8. The minimum absolute atomic E-state index is 0.0391. The maximum absolute atomic E-state index is 14.6. The summed E-state index contributed by atoms with van der Waals surface area (Å²) in [6, 6.07) is 3.37. The van der Waals surface area contributed by atoms with Crippen molar-refractivity contribution < 1.29 is 40.2 Å². The number of hydrogen-bond donors (Lipinski definition) is 2. The second kappa shape index (κ2) is 8.39. The van der Waals surface area contributed by atoms with E-state index in [-0.39, 0.29) is 23.8 Å². The fourth-order valence-corrected chi connectivity index (χ4v) is 4.73. The Hall–Kier alpha value is -3.04. The topological polar surface area (TPSA) is 105 Å². The Morgan fingerprint density at radius 1 is 1.12 bits per heavy atom. The van der Waals surface area contributed by atoms with Crippen LogP contribution in [0.3, 0.4) is 0 Å². The van der Waals surface area contributed by atoms with Gasteiger partial charge in [0.2, 0.25) is 0 Å². The standard InChI is InChI=1S/C18H13F5N4O4S2/c19-13-5-16(33(29,30)25-17-6-24-26-32-17)14(20)4-15(13)31-12-2-9(18(21,22)23)1-10(3-12)27-7-11(28)8-27/h1-6,11,25,28H,7-8H2. The lowest BCUT2D eigenvalue weighted by Gasteiger charge is -2.38. The summed E-state index contributed by atoms with van der Waals surface area (Å²) in [7, 11) is -4.54. The van der Waals surface area contributed by atoms with E-state index in [1.165, 1.54) is 11.0 Å². The van der Waals surface area contributed by atoms with Gasteiger partial charge in [-0.1, -0.05) is 4.49 Å².